The molecule has 1 aliphatic rings. The van der Waals surface area contributed by atoms with Crippen molar-refractivity contribution >= 4 is 44.5 Å². The van der Waals surface area contributed by atoms with E-state index in [0.717, 1.165) is 39.9 Å². The second kappa shape index (κ2) is 8.92. The average molecular weight is 526 g/mol. The van der Waals surface area contributed by atoms with Gasteiger partial charge in [0.1, 0.15) is 12.0 Å². The Morgan fingerprint density at radius 2 is 1.77 bits per heavy atom. The molecule has 0 spiro atoms. The van der Waals surface area contributed by atoms with Gasteiger partial charge in [0.15, 0.2) is 5.69 Å². The zero-order valence-electron chi connectivity index (χ0n) is 18.5. The third-order valence-corrected chi connectivity index (χ3v) is 6.46. The van der Waals surface area contributed by atoms with Gasteiger partial charge in [-0.1, -0.05) is 30.3 Å². The highest BCUT2D eigenvalue weighted by Gasteiger charge is 2.27. The van der Waals surface area contributed by atoms with Gasteiger partial charge >= 0.3 is 0 Å². The molecular weight excluding hydrogens is 506 g/mol. The van der Waals surface area contributed by atoms with Crippen molar-refractivity contribution < 1.29 is 4.79 Å². The van der Waals surface area contributed by atoms with Crippen molar-refractivity contribution in [2.45, 2.75) is 18.8 Å². The minimum atomic E-state index is -0.313. The van der Waals surface area contributed by atoms with E-state index in [1.54, 1.807) is 12.4 Å². The number of benzene rings is 1. The monoisotopic (exact) mass is 525 g/mol. The largest absolute Gasteiger partial charge is 0.351 e. The summed E-state index contributed by atoms with van der Waals surface area (Å²) in [5.74, 6) is 0.104. The lowest BCUT2D eigenvalue weighted by atomic mass is 10.2. The summed E-state index contributed by atoms with van der Waals surface area (Å²) >= 11 is 3.59. The number of nitrogens with zero attached hydrogens (tertiary/aromatic N) is 5. The molecule has 0 bridgehead atoms. The number of carbonyl (C=O) groups is 1. The Morgan fingerprint density at radius 1 is 0.971 bits per heavy atom. The average Bonchev–Trinajstić information content (AvgIpc) is 3.66. The lowest BCUT2D eigenvalue weighted by Crippen LogP contribution is -2.17. The molecular formula is C26H20BrN7O. The number of amides is 1. The summed E-state index contributed by atoms with van der Waals surface area (Å²) in [4.78, 5) is 31.0. The first-order valence-electron chi connectivity index (χ1n) is 11.2. The van der Waals surface area contributed by atoms with Gasteiger partial charge in [-0.25, -0.2) is 19.9 Å². The van der Waals surface area contributed by atoms with Crippen LogP contribution in [0.4, 0.5) is 17.1 Å². The van der Waals surface area contributed by atoms with Crippen LogP contribution in [0.1, 0.15) is 34.9 Å². The van der Waals surface area contributed by atoms with Crippen molar-refractivity contribution in [3.8, 4) is 11.3 Å². The van der Waals surface area contributed by atoms with E-state index in [1.165, 1.54) is 6.33 Å². The van der Waals surface area contributed by atoms with Crippen LogP contribution in [0.25, 0.3) is 16.9 Å². The fourth-order valence-electron chi connectivity index (χ4n) is 3.91. The van der Waals surface area contributed by atoms with Gasteiger partial charge in [-0.05, 0) is 40.9 Å². The number of rotatable bonds is 6. The van der Waals surface area contributed by atoms with E-state index < -0.39 is 0 Å². The standard InChI is InChI=1S/C26H20BrN7O/c27-19-13-34-14-23(16-4-2-1-3-5-16)31-24(34)10-22(19)33-26(35)25-21(30-18-11-28-15-29-12-18)9-8-20(32-25)17-6-7-17/h1-5,8-15,17,30H,6-7H2,(H,33,35). The molecule has 4 heterocycles. The van der Waals surface area contributed by atoms with Crippen LogP contribution in [0.3, 0.4) is 0 Å². The van der Waals surface area contributed by atoms with Crippen molar-refractivity contribution in [3.05, 3.63) is 95.5 Å². The van der Waals surface area contributed by atoms with Crippen LogP contribution < -0.4 is 10.6 Å². The Hall–Kier alpha value is -4.11. The second-order valence-corrected chi connectivity index (χ2v) is 9.26. The Balaban J connectivity index is 1.32. The molecule has 8 nitrogen and oxygen atoms in total. The third kappa shape index (κ3) is 4.50. The van der Waals surface area contributed by atoms with Gasteiger partial charge in [0.2, 0.25) is 0 Å². The van der Waals surface area contributed by atoms with E-state index in [1.807, 2.05) is 65.3 Å². The molecule has 0 radical (unpaired) electrons. The minimum Gasteiger partial charge on any atom is -0.351 e. The molecule has 5 aromatic rings. The molecule has 4 aromatic heterocycles. The number of hydrogen-bond donors (Lipinski definition) is 2. The van der Waals surface area contributed by atoms with E-state index in [9.17, 15) is 4.79 Å². The molecule has 1 saturated carbocycles. The number of carbonyl (C=O) groups excluding carboxylic acids is 1. The number of pyridine rings is 2. The predicted molar refractivity (Wildman–Crippen MR) is 138 cm³/mol. The van der Waals surface area contributed by atoms with Crippen LogP contribution >= 0.6 is 15.9 Å². The van der Waals surface area contributed by atoms with Crippen molar-refractivity contribution in [1.82, 2.24) is 24.3 Å². The van der Waals surface area contributed by atoms with Gasteiger partial charge in [-0.3, -0.25) is 4.79 Å². The summed E-state index contributed by atoms with van der Waals surface area (Å²) in [6, 6.07) is 15.7. The summed E-state index contributed by atoms with van der Waals surface area (Å²) in [5, 5.41) is 6.22. The Morgan fingerprint density at radius 3 is 2.54 bits per heavy atom. The van der Waals surface area contributed by atoms with Gasteiger partial charge in [0.05, 0.1) is 39.6 Å². The number of aromatic nitrogens is 5. The highest BCUT2D eigenvalue weighted by Crippen LogP contribution is 2.40. The van der Waals surface area contributed by atoms with Crippen LogP contribution in [0.15, 0.2) is 84.1 Å². The number of hydrogen-bond acceptors (Lipinski definition) is 6. The summed E-state index contributed by atoms with van der Waals surface area (Å²) in [6.45, 7) is 0. The molecule has 9 heteroatoms. The van der Waals surface area contributed by atoms with E-state index in [-0.39, 0.29) is 5.91 Å². The number of fused-ring (bicyclic) bond motifs is 1. The maximum absolute atomic E-state index is 13.4. The topological polar surface area (TPSA) is 97.1 Å². The fourth-order valence-corrected chi connectivity index (χ4v) is 4.34. The van der Waals surface area contributed by atoms with E-state index in [0.29, 0.717) is 28.7 Å². The van der Waals surface area contributed by atoms with Gasteiger partial charge in [-0.15, -0.1) is 0 Å². The fraction of sp³-hybridized carbons (Fsp3) is 0.115. The number of anilines is 3. The first-order valence-corrected chi connectivity index (χ1v) is 12.0. The molecule has 0 atom stereocenters. The third-order valence-electron chi connectivity index (χ3n) is 5.83. The Bertz CT molecular complexity index is 1530. The molecule has 6 rings (SSSR count). The zero-order valence-corrected chi connectivity index (χ0v) is 20.1. The summed E-state index contributed by atoms with van der Waals surface area (Å²) < 4.78 is 2.66. The van der Waals surface area contributed by atoms with Gasteiger partial charge < -0.3 is 15.0 Å². The van der Waals surface area contributed by atoms with E-state index >= 15 is 0 Å². The molecule has 1 aliphatic carbocycles. The van der Waals surface area contributed by atoms with Crippen LogP contribution in [-0.4, -0.2) is 30.2 Å². The maximum Gasteiger partial charge on any atom is 0.276 e. The Labute approximate surface area is 209 Å². The Kier molecular flexibility index (Phi) is 5.46. The molecule has 1 fully saturated rings. The van der Waals surface area contributed by atoms with Crippen LogP contribution in [-0.2, 0) is 0 Å². The molecule has 0 aliphatic heterocycles. The zero-order chi connectivity index (χ0) is 23.8. The first-order chi connectivity index (χ1) is 17.1. The van der Waals surface area contributed by atoms with Crippen LogP contribution in [0.5, 0.6) is 0 Å². The number of imidazole rings is 1. The minimum absolute atomic E-state index is 0.313. The van der Waals surface area contributed by atoms with Gasteiger partial charge in [0.25, 0.3) is 5.91 Å². The summed E-state index contributed by atoms with van der Waals surface area (Å²) in [6.07, 6.45) is 10.8. The lowest BCUT2D eigenvalue weighted by Gasteiger charge is -2.13. The molecule has 1 aromatic carbocycles. The number of nitrogens with one attached hydrogen (secondary N) is 2. The summed E-state index contributed by atoms with van der Waals surface area (Å²) in [5.41, 5.74) is 5.73. The quantitative estimate of drug-likeness (QED) is 0.289. The van der Waals surface area contributed by atoms with Gasteiger partial charge in [0, 0.05) is 35.6 Å². The van der Waals surface area contributed by atoms with Crippen LogP contribution in [0, 0.1) is 0 Å². The SMILES string of the molecule is O=C(Nc1cc2nc(-c3ccccc3)cn2cc1Br)c1nc(C2CC2)ccc1Nc1cncnc1. The molecule has 35 heavy (non-hydrogen) atoms. The molecule has 0 saturated heterocycles. The van der Waals surface area contributed by atoms with Crippen molar-refractivity contribution in [2.24, 2.45) is 0 Å². The molecule has 1 amide bonds. The molecule has 172 valence electrons. The van der Waals surface area contributed by atoms with Gasteiger partial charge in [-0.2, -0.15) is 0 Å². The lowest BCUT2D eigenvalue weighted by molar-refractivity contribution is 0.102. The maximum atomic E-state index is 13.4. The normalized spacial score (nSPS) is 13.1. The first kappa shape index (κ1) is 21.4. The van der Waals surface area contributed by atoms with E-state index in [4.69, 9.17) is 9.97 Å². The van der Waals surface area contributed by atoms with E-state index in [2.05, 4.69) is 36.5 Å². The van der Waals surface area contributed by atoms with Crippen molar-refractivity contribution in [2.75, 3.05) is 10.6 Å². The predicted octanol–water partition coefficient (Wildman–Crippen LogP) is 5.82. The molecule has 2 N–H and O–H groups in total. The number of halogens is 1. The summed E-state index contributed by atoms with van der Waals surface area (Å²) in [7, 11) is 0. The highest BCUT2D eigenvalue weighted by molar-refractivity contribution is 9.10. The highest BCUT2D eigenvalue weighted by atomic mass is 79.9. The molecule has 0 unspecified atom stereocenters. The van der Waals surface area contributed by atoms with Crippen molar-refractivity contribution in [1.29, 1.82) is 0 Å². The van der Waals surface area contributed by atoms with Crippen LogP contribution in [0.2, 0.25) is 0 Å². The smallest absolute Gasteiger partial charge is 0.276 e. The van der Waals surface area contributed by atoms with Crippen molar-refractivity contribution in [3.63, 3.8) is 0 Å². The second-order valence-electron chi connectivity index (χ2n) is 8.41.